The van der Waals surface area contributed by atoms with E-state index in [4.69, 9.17) is 5.73 Å². The zero-order valence-corrected chi connectivity index (χ0v) is 11.7. The number of nitrogens with zero attached hydrogens (tertiary/aromatic N) is 2. The molecule has 21 heavy (non-hydrogen) atoms. The Morgan fingerprint density at radius 1 is 1.10 bits per heavy atom. The number of nitrogens with two attached hydrogens (primary N) is 1. The normalized spacial score (nSPS) is 12.3. The molecular weight excluding hydrogens is 265 g/mol. The lowest BCUT2D eigenvalue weighted by molar-refractivity contribution is 0.620. The molecule has 1 heterocycles. The van der Waals surface area contributed by atoms with Gasteiger partial charge in [0, 0.05) is 17.8 Å². The third-order valence-electron chi connectivity index (χ3n) is 3.42. The minimum absolute atomic E-state index is 0.264. The monoisotopic (exact) mass is 281 g/mol. The zero-order chi connectivity index (χ0) is 14.8. The predicted molar refractivity (Wildman–Crippen MR) is 81.6 cm³/mol. The van der Waals surface area contributed by atoms with Crippen LogP contribution in [0.15, 0.2) is 60.9 Å². The van der Waals surface area contributed by atoms with Crippen LogP contribution in [0.3, 0.4) is 0 Å². The van der Waals surface area contributed by atoms with E-state index in [0.29, 0.717) is 0 Å². The van der Waals surface area contributed by atoms with Gasteiger partial charge in [0.15, 0.2) is 0 Å². The lowest BCUT2D eigenvalue weighted by atomic mass is 10.1. The smallest absolute Gasteiger partial charge is 0.123 e. The summed E-state index contributed by atoms with van der Waals surface area (Å²) in [6.07, 6.45) is 3.72. The van der Waals surface area contributed by atoms with E-state index < -0.39 is 0 Å². The lowest BCUT2D eigenvalue weighted by Gasteiger charge is -2.12. The summed E-state index contributed by atoms with van der Waals surface area (Å²) in [4.78, 5) is 0. The van der Waals surface area contributed by atoms with Gasteiger partial charge in [0.2, 0.25) is 0 Å². The summed E-state index contributed by atoms with van der Waals surface area (Å²) in [5.74, 6) is -0.290. The van der Waals surface area contributed by atoms with E-state index in [1.165, 1.54) is 12.1 Å². The SMILES string of the molecule is C[C@@H](N)c1cc(F)ccc1-n1cc(-c2ccccc2)cn1. The van der Waals surface area contributed by atoms with Gasteiger partial charge in [-0.15, -0.1) is 0 Å². The van der Waals surface area contributed by atoms with Crippen molar-refractivity contribution in [1.82, 2.24) is 9.78 Å². The van der Waals surface area contributed by atoms with Crippen molar-refractivity contribution in [2.75, 3.05) is 0 Å². The molecule has 0 aliphatic heterocycles. The Morgan fingerprint density at radius 3 is 2.57 bits per heavy atom. The van der Waals surface area contributed by atoms with Crippen LogP contribution >= 0.6 is 0 Å². The Labute approximate surface area is 122 Å². The van der Waals surface area contributed by atoms with E-state index in [2.05, 4.69) is 5.10 Å². The van der Waals surface area contributed by atoms with Crippen LogP contribution in [0.5, 0.6) is 0 Å². The summed E-state index contributed by atoms with van der Waals surface area (Å²) < 4.78 is 15.1. The standard InChI is InChI=1S/C17H16FN3/c1-12(19)16-9-15(18)7-8-17(16)21-11-14(10-20-21)13-5-3-2-4-6-13/h2-12H,19H2,1H3/t12-/m1/s1. The molecule has 0 saturated carbocycles. The molecule has 3 rings (SSSR count). The molecule has 1 atom stereocenters. The van der Waals surface area contributed by atoms with Gasteiger partial charge in [0.05, 0.1) is 11.9 Å². The number of hydrogen-bond acceptors (Lipinski definition) is 2. The molecule has 1 aromatic heterocycles. The highest BCUT2D eigenvalue weighted by molar-refractivity contribution is 5.62. The maximum Gasteiger partial charge on any atom is 0.123 e. The first-order valence-corrected chi connectivity index (χ1v) is 6.80. The van der Waals surface area contributed by atoms with Gasteiger partial charge in [-0.25, -0.2) is 9.07 Å². The molecule has 0 aliphatic carbocycles. The van der Waals surface area contributed by atoms with Crippen molar-refractivity contribution in [1.29, 1.82) is 0 Å². The van der Waals surface area contributed by atoms with Gasteiger partial charge in [-0.2, -0.15) is 5.10 Å². The van der Waals surface area contributed by atoms with E-state index in [1.54, 1.807) is 16.9 Å². The van der Waals surface area contributed by atoms with Crippen LogP contribution in [0.1, 0.15) is 18.5 Å². The molecular formula is C17H16FN3. The van der Waals surface area contributed by atoms with Crippen LogP contribution in [-0.2, 0) is 0 Å². The molecule has 3 nitrogen and oxygen atoms in total. The van der Waals surface area contributed by atoms with Gasteiger partial charge in [-0.1, -0.05) is 30.3 Å². The van der Waals surface area contributed by atoms with Gasteiger partial charge in [0.25, 0.3) is 0 Å². The summed E-state index contributed by atoms with van der Waals surface area (Å²) in [5.41, 5.74) is 9.57. The second kappa shape index (κ2) is 5.50. The molecule has 0 aliphatic rings. The number of hydrogen-bond donors (Lipinski definition) is 1. The van der Waals surface area contributed by atoms with Gasteiger partial charge >= 0.3 is 0 Å². The molecule has 0 amide bonds. The van der Waals surface area contributed by atoms with E-state index in [9.17, 15) is 4.39 Å². The van der Waals surface area contributed by atoms with Gasteiger partial charge in [0.1, 0.15) is 5.82 Å². The van der Waals surface area contributed by atoms with E-state index >= 15 is 0 Å². The molecule has 0 radical (unpaired) electrons. The fourth-order valence-corrected chi connectivity index (χ4v) is 2.33. The largest absolute Gasteiger partial charge is 0.324 e. The maximum absolute atomic E-state index is 13.4. The van der Waals surface area contributed by atoms with Crippen molar-refractivity contribution in [3.63, 3.8) is 0 Å². The van der Waals surface area contributed by atoms with Crippen LogP contribution < -0.4 is 5.73 Å². The van der Waals surface area contributed by atoms with Crippen molar-refractivity contribution in [2.24, 2.45) is 5.73 Å². The van der Waals surface area contributed by atoms with Crippen molar-refractivity contribution >= 4 is 0 Å². The molecule has 2 aromatic carbocycles. The molecule has 0 fully saturated rings. The number of rotatable bonds is 3. The van der Waals surface area contributed by atoms with Crippen molar-refractivity contribution in [3.05, 3.63) is 72.3 Å². The van der Waals surface area contributed by atoms with Gasteiger partial charge < -0.3 is 5.73 Å². The molecule has 0 unspecified atom stereocenters. The Kier molecular flexibility index (Phi) is 3.54. The van der Waals surface area contributed by atoms with E-state index in [1.807, 2.05) is 43.5 Å². The average Bonchev–Trinajstić information content (AvgIpc) is 2.97. The fourth-order valence-electron chi connectivity index (χ4n) is 2.33. The van der Waals surface area contributed by atoms with Gasteiger partial charge in [-0.3, -0.25) is 0 Å². The topological polar surface area (TPSA) is 43.8 Å². The Hall–Kier alpha value is -2.46. The highest BCUT2D eigenvalue weighted by atomic mass is 19.1. The first kappa shape index (κ1) is 13.5. The van der Waals surface area contributed by atoms with E-state index in [0.717, 1.165) is 22.4 Å². The van der Waals surface area contributed by atoms with Crippen molar-refractivity contribution in [3.8, 4) is 16.8 Å². The van der Waals surface area contributed by atoms with Crippen LogP contribution in [0.25, 0.3) is 16.8 Å². The third-order valence-corrected chi connectivity index (χ3v) is 3.42. The maximum atomic E-state index is 13.4. The minimum atomic E-state index is -0.290. The van der Waals surface area contributed by atoms with Crippen molar-refractivity contribution in [2.45, 2.75) is 13.0 Å². The second-order valence-electron chi connectivity index (χ2n) is 5.03. The number of aromatic nitrogens is 2. The minimum Gasteiger partial charge on any atom is -0.324 e. The van der Waals surface area contributed by atoms with Crippen molar-refractivity contribution < 1.29 is 4.39 Å². The van der Waals surface area contributed by atoms with E-state index in [-0.39, 0.29) is 11.9 Å². The molecule has 3 aromatic rings. The summed E-state index contributed by atoms with van der Waals surface area (Å²) in [5, 5.41) is 4.37. The fraction of sp³-hybridized carbons (Fsp3) is 0.118. The van der Waals surface area contributed by atoms with Crippen LogP contribution in [0.4, 0.5) is 4.39 Å². The molecule has 2 N–H and O–H groups in total. The first-order chi connectivity index (χ1) is 10.1. The lowest BCUT2D eigenvalue weighted by Crippen LogP contribution is -2.10. The first-order valence-electron chi connectivity index (χ1n) is 6.80. The van der Waals surface area contributed by atoms with Crippen LogP contribution in [0.2, 0.25) is 0 Å². The highest BCUT2D eigenvalue weighted by Gasteiger charge is 2.11. The quantitative estimate of drug-likeness (QED) is 0.795. The Morgan fingerprint density at radius 2 is 1.86 bits per heavy atom. The summed E-state index contributed by atoms with van der Waals surface area (Å²) in [6.45, 7) is 1.83. The predicted octanol–water partition coefficient (Wildman–Crippen LogP) is 3.70. The average molecular weight is 281 g/mol. The molecule has 0 saturated heterocycles. The van der Waals surface area contributed by atoms with Crippen LogP contribution in [-0.4, -0.2) is 9.78 Å². The highest BCUT2D eigenvalue weighted by Crippen LogP contribution is 2.24. The van der Waals surface area contributed by atoms with Gasteiger partial charge in [-0.05, 0) is 36.2 Å². The summed E-state index contributed by atoms with van der Waals surface area (Å²) in [6, 6.07) is 14.3. The summed E-state index contributed by atoms with van der Waals surface area (Å²) >= 11 is 0. The molecule has 106 valence electrons. The second-order valence-corrected chi connectivity index (χ2v) is 5.03. The Bertz CT molecular complexity index is 748. The number of benzene rings is 2. The molecule has 4 heteroatoms. The van der Waals surface area contributed by atoms with Crippen LogP contribution in [0, 0.1) is 5.82 Å². The molecule has 0 bridgehead atoms. The molecule has 0 spiro atoms. The number of halogens is 1. The summed E-state index contributed by atoms with van der Waals surface area (Å²) in [7, 11) is 0. The Balaban J connectivity index is 2.05. The zero-order valence-electron chi connectivity index (χ0n) is 11.7. The third kappa shape index (κ3) is 2.71.